The molecule has 1 aliphatic heterocycles. The second-order valence-electron chi connectivity index (χ2n) is 8.14. The van der Waals surface area contributed by atoms with Crippen molar-refractivity contribution >= 4 is 29.3 Å². The number of fused-ring (bicyclic) bond motifs is 1. The molecule has 1 atom stereocenters. The van der Waals surface area contributed by atoms with Crippen LogP contribution in [0.3, 0.4) is 0 Å². The molecule has 0 aliphatic carbocycles. The SMILES string of the molecule is CCSc1nc2n(n1)[C@@H](c1ccc(C(C)C)cc1)C(C(=O)Nc1ccccc1OC)=C(C)N2. The van der Waals surface area contributed by atoms with Gasteiger partial charge >= 0.3 is 0 Å². The molecule has 8 heteroatoms. The molecule has 1 amide bonds. The summed E-state index contributed by atoms with van der Waals surface area (Å²) in [5.41, 5.74) is 4.17. The zero-order valence-corrected chi connectivity index (χ0v) is 20.4. The molecule has 1 aromatic heterocycles. The summed E-state index contributed by atoms with van der Waals surface area (Å²) in [7, 11) is 1.59. The van der Waals surface area contributed by atoms with E-state index >= 15 is 0 Å². The predicted molar refractivity (Wildman–Crippen MR) is 133 cm³/mol. The first kappa shape index (κ1) is 22.9. The average molecular weight is 464 g/mol. The fourth-order valence-corrected chi connectivity index (χ4v) is 4.48. The largest absolute Gasteiger partial charge is 0.495 e. The molecular weight excluding hydrogens is 434 g/mol. The fraction of sp³-hybridized carbons (Fsp3) is 0.320. The maximum Gasteiger partial charge on any atom is 0.255 e. The average Bonchev–Trinajstić information content (AvgIpc) is 3.20. The van der Waals surface area contributed by atoms with Crippen molar-refractivity contribution in [3.8, 4) is 5.75 Å². The smallest absolute Gasteiger partial charge is 0.255 e. The van der Waals surface area contributed by atoms with Crippen LogP contribution in [0.25, 0.3) is 0 Å². The Balaban J connectivity index is 1.78. The van der Waals surface area contributed by atoms with E-state index in [0.717, 1.165) is 17.0 Å². The quantitative estimate of drug-likeness (QED) is 0.454. The lowest BCUT2D eigenvalue weighted by Crippen LogP contribution is -2.31. The van der Waals surface area contributed by atoms with Gasteiger partial charge in [0.05, 0.1) is 18.4 Å². The van der Waals surface area contributed by atoms with Gasteiger partial charge in [0.1, 0.15) is 11.8 Å². The minimum atomic E-state index is -0.407. The van der Waals surface area contributed by atoms with E-state index in [2.05, 4.69) is 60.7 Å². The molecule has 172 valence electrons. The van der Waals surface area contributed by atoms with E-state index in [9.17, 15) is 4.79 Å². The molecule has 7 nitrogen and oxygen atoms in total. The van der Waals surface area contributed by atoms with Crippen molar-refractivity contribution in [3.63, 3.8) is 0 Å². The molecule has 0 radical (unpaired) electrons. The van der Waals surface area contributed by atoms with Gasteiger partial charge in [0, 0.05) is 5.70 Å². The van der Waals surface area contributed by atoms with Crippen LogP contribution < -0.4 is 15.4 Å². The highest BCUT2D eigenvalue weighted by Crippen LogP contribution is 2.37. The zero-order valence-electron chi connectivity index (χ0n) is 19.5. The summed E-state index contributed by atoms with van der Waals surface area (Å²) < 4.78 is 7.23. The van der Waals surface area contributed by atoms with Gasteiger partial charge in [-0.05, 0) is 41.9 Å². The molecule has 2 aromatic carbocycles. The van der Waals surface area contributed by atoms with Gasteiger partial charge < -0.3 is 15.4 Å². The van der Waals surface area contributed by atoms with Crippen molar-refractivity contribution in [2.24, 2.45) is 0 Å². The normalized spacial score (nSPS) is 15.3. The van der Waals surface area contributed by atoms with Crippen LogP contribution in [-0.2, 0) is 4.79 Å². The van der Waals surface area contributed by atoms with Crippen LogP contribution in [0, 0.1) is 0 Å². The Bertz CT molecular complexity index is 1180. The van der Waals surface area contributed by atoms with Gasteiger partial charge in [0.2, 0.25) is 11.1 Å². The summed E-state index contributed by atoms with van der Waals surface area (Å²) in [5, 5.41) is 11.7. The lowest BCUT2D eigenvalue weighted by atomic mass is 9.92. The topological polar surface area (TPSA) is 81.1 Å². The predicted octanol–water partition coefficient (Wildman–Crippen LogP) is 5.45. The first-order chi connectivity index (χ1) is 15.9. The van der Waals surface area contributed by atoms with Crippen LogP contribution in [0.15, 0.2) is 65.0 Å². The van der Waals surface area contributed by atoms with Gasteiger partial charge in [-0.1, -0.05) is 68.9 Å². The molecule has 0 saturated heterocycles. The number of amides is 1. The monoisotopic (exact) mass is 463 g/mol. The number of ether oxygens (including phenoxy) is 1. The van der Waals surface area contributed by atoms with Crippen molar-refractivity contribution in [2.45, 2.75) is 44.8 Å². The number of hydrogen-bond donors (Lipinski definition) is 2. The molecule has 0 spiro atoms. The molecule has 0 unspecified atom stereocenters. The summed E-state index contributed by atoms with van der Waals surface area (Å²) in [5.74, 6) is 2.31. The number of methoxy groups -OCH3 is 1. The van der Waals surface area contributed by atoms with Gasteiger partial charge in [-0.25, -0.2) is 4.68 Å². The van der Waals surface area contributed by atoms with Crippen molar-refractivity contribution in [1.29, 1.82) is 0 Å². The number of allylic oxidation sites excluding steroid dienone is 1. The van der Waals surface area contributed by atoms with Crippen LogP contribution >= 0.6 is 11.8 Å². The zero-order chi connectivity index (χ0) is 23.5. The number of benzene rings is 2. The van der Waals surface area contributed by atoms with Crippen molar-refractivity contribution in [2.75, 3.05) is 23.5 Å². The first-order valence-corrected chi connectivity index (χ1v) is 12.0. The van der Waals surface area contributed by atoms with Gasteiger partial charge in [0.15, 0.2) is 0 Å². The molecule has 0 bridgehead atoms. The Labute approximate surface area is 198 Å². The van der Waals surface area contributed by atoms with Gasteiger partial charge in [0.25, 0.3) is 5.91 Å². The second kappa shape index (κ2) is 9.70. The molecule has 0 fully saturated rings. The number of rotatable bonds is 7. The summed E-state index contributed by atoms with van der Waals surface area (Å²) in [6.45, 7) is 8.30. The maximum absolute atomic E-state index is 13.6. The van der Waals surface area contributed by atoms with E-state index in [1.165, 1.54) is 5.56 Å². The highest BCUT2D eigenvalue weighted by molar-refractivity contribution is 7.99. The number of carbonyl (C=O) groups excluding carboxylic acids is 1. The van der Waals surface area contributed by atoms with Crippen LogP contribution in [0.2, 0.25) is 0 Å². The van der Waals surface area contributed by atoms with Gasteiger partial charge in [-0.15, -0.1) is 5.10 Å². The molecule has 33 heavy (non-hydrogen) atoms. The van der Waals surface area contributed by atoms with E-state index in [0.29, 0.717) is 34.0 Å². The third-order valence-corrected chi connectivity index (χ3v) is 6.35. The number of thioether (sulfide) groups is 1. The molecule has 3 aromatic rings. The fourth-order valence-electron chi connectivity index (χ4n) is 3.92. The third-order valence-electron chi connectivity index (χ3n) is 5.63. The van der Waals surface area contributed by atoms with E-state index in [4.69, 9.17) is 9.84 Å². The van der Waals surface area contributed by atoms with Gasteiger partial charge in [-0.3, -0.25) is 4.79 Å². The number of para-hydroxylation sites is 2. The van der Waals surface area contributed by atoms with E-state index in [1.54, 1.807) is 18.9 Å². The standard InChI is InChI=1S/C25H29N5O2S/c1-6-33-25-28-24-26-16(4)21(23(31)27-19-9-7-8-10-20(19)32-5)22(30(24)29-25)18-13-11-17(12-14-18)15(2)3/h7-15,22H,6H2,1-5H3,(H,27,31)(H,26,28,29)/t22-/m0/s1. The third kappa shape index (κ3) is 4.61. The Hall–Kier alpha value is -3.26. The molecule has 2 heterocycles. The minimum absolute atomic E-state index is 0.215. The number of anilines is 2. The number of hydrogen-bond acceptors (Lipinski definition) is 6. The summed E-state index contributed by atoms with van der Waals surface area (Å²) >= 11 is 1.57. The van der Waals surface area contributed by atoms with Crippen LogP contribution in [0.4, 0.5) is 11.6 Å². The minimum Gasteiger partial charge on any atom is -0.495 e. The van der Waals surface area contributed by atoms with Gasteiger partial charge in [-0.2, -0.15) is 4.98 Å². The van der Waals surface area contributed by atoms with Crippen LogP contribution in [-0.4, -0.2) is 33.5 Å². The number of aromatic nitrogens is 3. The summed E-state index contributed by atoms with van der Waals surface area (Å²) in [6, 6.07) is 15.4. The molecule has 0 saturated carbocycles. The first-order valence-electron chi connectivity index (χ1n) is 11.0. The van der Waals surface area contributed by atoms with Crippen molar-refractivity contribution in [3.05, 3.63) is 70.9 Å². The lowest BCUT2D eigenvalue weighted by molar-refractivity contribution is -0.113. The Morgan fingerprint density at radius 1 is 1.21 bits per heavy atom. The number of carbonyl (C=O) groups is 1. The molecule has 4 rings (SSSR count). The summed E-state index contributed by atoms with van der Waals surface area (Å²) in [4.78, 5) is 18.3. The Morgan fingerprint density at radius 3 is 2.61 bits per heavy atom. The van der Waals surface area contributed by atoms with Crippen LogP contribution in [0.1, 0.15) is 50.8 Å². The Kier molecular flexibility index (Phi) is 6.74. The van der Waals surface area contributed by atoms with E-state index < -0.39 is 6.04 Å². The molecule has 1 aliphatic rings. The van der Waals surface area contributed by atoms with Crippen molar-refractivity contribution in [1.82, 2.24) is 14.8 Å². The van der Waals surface area contributed by atoms with Crippen molar-refractivity contribution < 1.29 is 9.53 Å². The number of nitrogens with one attached hydrogen (secondary N) is 2. The molecule has 2 N–H and O–H groups in total. The lowest BCUT2D eigenvalue weighted by Gasteiger charge is -2.29. The Morgan fingerprint density at radius 2 is 1.94 bits per heavy atom. The molecular formula is C25H29N5O2S. The van der Waals surface area contributed by atoms with E-state index in [1.807, 2.05) is 35.9 Å². The number of nitrogens with zero attached hydrogens (tertiary/aromatic N) is 3. The van der Waals surface area contributed by atoms with E-state index in [-0.39, 0.29) is 5.91 Å². The highest BCUT2D eigenvalue weighted by Gasteiger charge is 2.34. The second-order valence-corrected chi connectivity index (χ2v) is 9.37. The highest BCUT2D eigenvalue weighted by atomic mass is 32.2. The maximum atomic E-state index is 13.6. The summed E-state index contributed by atoms with van der Waals surface area (Å²) in [6.07, 6.45) is 0. The van der Waals surface area contributed by atoms with Crippen LogP contribution in [0.5, 0.6) is 5.75 Å².